The number of esters is 3. The summed E-state index contributed by atoms with van der Waals surface area (Å²) in [5.41, 5.74) is 1.12. The number of H-pyrrole nitrogens is 1. The largest absolute Gasteiger partial charge is 0.461 e. The van der Waals surface area contributed by atoms with Crippen LogP contribution in [0, 0.1) is 0 Å². The first-order valence-electron chi connectivity index (χ1n) is 12.9. The van der Waals surface area contributed by atoms with Crippen molar-refractivity contribution >= 4 is 17.9 Å². The molecule has 3 rings (SSSR count). The lowest BCUT2D eigenvalue weighted by atomic mass is 10.2. The van der Waals surface area contributed by atoms with Gasteiger partial charge in [0.05, 0.1) is 44.1 Å². The Hall–Kier alpha value is -4.04. The van der Waals surface area contributed by atoms with Crippen LogP contribution in [0.1, 0.15) is 92.0 Å². The highest BCUT2D eigenvalue weighted by molar-refractivity contribution is 5.88. The molecule has 0 amide bonds. The van der Waals surface area contributed by atoms with Gasteiger partial charge in [-0.2, -0.15) is 15.3 Å². The van der Waals surface area contributed by atoms with Crippen LogP contribution in [-0.4, -0.2) is 89.9 Å². The number of aromatic nitrogens is 6. The van der Waals surface area contributed by atoms with Gasteiger partial charge >= 0.3 is 17.9 Å². The number of nitrogens with one attached hydrogen (secondary N) is 1. The van der Waals surface area contributed by atoms with Gasteiger partial charge in [-0.15, -0.1) is 0 Å². The Morgan fingerprint density at radius 1 is 0.725 bits per heavy atom. The van der Waals surface area contributed by atoms with E-state index in [1.165, 1.54) is 28.0 Å². The number of aliphatic hydroxyl groups excluding tert-OH is 2. The van der Waals surface area contributed by atoms with Crippen LogP contribution in [0.4, 0.5) is 0 Å². The van der Waals surface area contributed by atoms with Gasteiger partial charge in [-0.05, 0) is 66.7 Å². The van der Waals surface area contributed by atoms with Crippen LogP contribution in [0.3, 0.4) is 0 Å². The van der Waals surface area contributed by atoms with Gasteiger partial charge in [-0.3, -0.25) is 14.5 Å². The van der Waals surface area contributed by atoms with Crippen LogP contribution < -0.4 is 0 Å². The van der Waals surface area contributed by atoms with E-state index in [0.29, 0.717) is 36.9 Å². The molecule has 4 atom stereocenters. The molecule has 3 N–H and O–H groups in total. The van der Waals surface area contributed by atoms with Crippen LogP contribution in [0.25, 0.3) is 0 Å². The molecule has 3 aromatic heterocycles. The molecule has 40 heavy (non-hydrogen) atoms. The first-order chi connectivity index (χ1) is 19.0. The van der Waals surface area contributed by atoms with E-state index in [1.807, 2.05) is 0 Å². The summed E-state index contributed by atoms with van der Waals surface area (Å²) >= 11 is 0. The number of carbonyl (C=O) groups is 3. The van der Waals surface area contributed by atoms with Crippen molar-refractivity contribution in [2.45, 2.75) is 72.8 Å². The Morgan fingerprint density at radius 3 is 1.45 bits per heavy atom. The van der Waals surface area contributed by atoms with Gasteiger partial charge in [0.25, 0.3) is 0 Å². The van der Waals surface area contributed by atoms with E-state index in [-0.39, 0.29) is 18.1 Å². The van der Waals surface area contributed by atoms with Crippen LogP contribution in [0.2, 0.25) is 0 Å². The maximum atomic E-state index is 11.5. The minimum absolute atomic E-state index is 0.251. The second-order valence-electron chi connectivity index (χ2n) is 8.42. The normalized spacial score (nSPS) is 13.3. The van der Waals surface area contributed by atoms with E-state index in [4.69, 9.17) is 9.47 Å². The molecule has 14 heteroatoms. The highest BCUT2D eigenvalue weighted by Crippen LogP contribution is 2.14. The lowest BCUT2D eigenvalue weighted by Gasteiger charge is -2.17. The number of aliphatic hydroxyl groups is 2. The van der Waals surface area contributed by atoms with E-state index in [9.17, 15) is 24.6 Å². The molecule has 0 aromatic carbocycles. The zero-order valence-electron chi connectivity index (χ0n) is 24.0. The van der Waals surface area contributed by atoms with Gasteiger partial charge in [0.15, 0.2) is 0 Å². The number of ether oxygens (including phenoxy) is 3. The molecule has 0 aliphatic carbocycles. The molecule has 0 bridgehead atoms. The predicted octanol–water partition coefficient (Wildman–Crippen LogP) is 2.59. The Labute approximate surface area is 233 Å². The van der Waals surface area contributed by atoms with Gasteiger partial charge < -0.3 is 24.4 Å². The van der Waals surface area contributed by atoms with E-state index >= 15 is 0 Å². The number of nitrogens with zero attached hydrogens (tertiary/aromatic N) is 5. The fraction of sp³-hybridized carbons (Fsp3) is 0.538. The van der Waals surface area contributed by atoms with Gasteiger partial charge in [-0.1, -0.05) is 0 Å². The van der Waals surface area contributed by atoms with Gasteiger partial charge in [0.2, 0.25) is 0 Å². The molecule has 3 heterocycles. The van der Waals surface area contributed by atoms with Crippen molar-refractivity contribution in [1.29, 1.82) is 0 Å². The van der Waals surface area contributed by atoms with Crippen molar-refractivity contribution in [3.8, 4) is 0 Å². The Morgan fingerprint density at radius 2 is 1.12 bits per heavy atom. The third-order valence-electron chi connectivity index (χ3n) is 5.47. The summed E-state index contributed by atoms with van der Waals surface area (Å²) in [5, 5.41) is 32.9. The molecule has 0 saturated carbocycles. The molecule has 0 aliphatic heterocycles. The maximum absolute atomic E-state index is 11.5. The summed E-state index contributed by atoms with van der Waals surface area (Å²) in [6, 6.07) is 4.23. The monoisotopic (exact) mass is 564 g/mol. The molecule has 222 valence electrons. The number of hydrogen-bond donors (Lipinski definition) is 3. The third-order valence-corrected chi connectivity index (χ3v) is 5.47. The molecular weight excluding hydrogens is 524 g/mol. The van der Waals surface area contributed by atoms with Gasteiger partial charge in [0.1, 0.15) is 17.1 Å². The number of rotatable bonds is 10. The summed E-state index contributed by atoms with van der Waals surface area (Å²) in [6.07, 6.45) is 3.40. The molecule has 0 spiro atoms. The summed E-state index contributed by atoms with van der Waals surface area (Å²) in [7, 11) is 0. The average Bonchev–Trinajstić information content (AvgIpc) is 3.70. The molecule has 0 radical (unpaired) electrons. The zero-order chi connectivity index (χ0) is 30.2. The summed E-state index contributed by atoms with van der Waals surface area (Å²) in [5.74, 6) is -1.19. The first kappa shape index (κ1) is 34.0. The summed E-state index contributed by atoms with van der Waals surface area (Å²) in [4.78, 5) is 33.8. The molecule has 14 nitrogen and oxygen atoms in total. The van der Waals surface area contributed by atoms with Crippen LogP contribution in [0.5, 0.6) is 0 Å². The lowest BCUT2D eigenvalue weighted by molar-refractivity contribution is 0.0488. The maximum Gasteiger partial charge on any atom is 0.356 e. The van der Waals surface area contributed by atoms with Crippen LogP contribution >= 0.6 is 0 Å². The van der Waals surface area contributed by atoms with Crippen molar-refractivity contribution in [3.05, 3.63) is 53.9 Å². The fourth-order valence-electron chi connectivity index (χ4n) is 3.00. The van der Waals surface area contributed by atoms with E-state index in [1.54, 1.807) is 66.7 Å². The van der Waals surface area contributed by atoms with E-state index < -0.39 is 24.1 Å². The highest BCUT2D eigenvalue weighted by Gasteiger charge is 2.21. The average molecular weight is 565 g/mol. The predicted molar refractivity (Wildman–Crippen MR) is 144 cm³/mol. The van der Waals surface area contributed by atoms with Crippen molar-refractivity contribution in [3.63, 3.8) is 0 Å². The van der Waals surface area contributed by atoms with Crippen molar-refractivity contribution < 1.29 is 38.8 Å². The first-order valence-corrected chi connectivity index (χ1v) is 12.9. The highest BCUT2D eigenvalue weighted by atomic mass is 16.5. The number of hydrogen-bond acceptors (Lipinski definition) is 11. The summed E-state index contributed by atoms with van der Waals surface area (Å²) < 4.78 is 17.4. The van der Waals surface area contributed by atoms with Crippen LogP contribution in [-0.2, 0) is 14.2 Å². The Kier molecular flexibility index (Phi) is 14.9. The molecule has 0 aliphatic rings. The van der Waals surface area contributed by atoms with Gasteiger partial charge in [0, 0.05) is 18.6 Å². The van der Waals surface area contributed by atoms with Crippen molar-refractivity contribution in [2.24, 2.45) is 0 Å². The topological polar surface area (TPSA) is 184 Å². The SMILES string of the molecule is CCOC(=O)c1ccn[nH]1.CCOC(=O)c1ccnn1C(C)[C@@H](C)O.CCOC(=O)c1ccnn1[C@@H](C)[C@H](C)O. The number of carbonyl (C=O) groups excluding carboxylic acids is 3. The third kappa shape index (κ3) is 10.3. The molecule has 1 unspecified atom stereocenters. The minimum Gasteiger partial charge on any atom is -0.461 e. The van der Waals surface area contributed by atoms with Crippen LogP contribution in [0.15, 0.2) is 36.8 Å². The molecular formula is C26H40N6O8. The standard InChI is InChI=1S/2C10H16N2O3.C6H8N2O2/c2*1-4-15-10(14)9-5-6-11-12(9)7(2)8(3)13;1-2-10-6(9)5-3-4-7-8-5/h2*5-8,13H,4H2,1-3H3;3-4H,2H2,1H3,(H,7,8)/t7?,8-;7-,8-;/m10./s1. The smallest absolute Gasteiger partial charge is 0.356 e. The quantitative estimate of drug-likeness (QED) is 0.243. The fourth-order valence-corrected chi connectivity index (χ4v) is 3.00. The molecule has 3 aromatic rings. The number of aromatic amines is 1. The second-order valence-corrected chi connectivity index (χ2v) is 8.42. The second kappa shape index (κ2) is 17.5. The minimum atomic E-state index is -0.571. The van der Waals surface area contributed by atoms with E-state index in [2.05, 4.69) is 25.1 Å². The lowest BCUT2D eigenvalue weighted by Crippen LogP contribution is -2.23. The van der Waals surface area contributed by atoms with E-state index in [0.717, 1.165) is 0 Å². The Bertz CT molecular complexity index is 1090. The molecule has 0 saturated heterocycles. The van der Waals surface area contributed by atoms with Gasteiger partial charge in [-0.25, -0.2) is 14.4 Å². The molecule has 0 fully saturated rings. The Balaban J connectivity index is 0.000000307. The zero-order valence-corrected chi connectivity index (χ0v) is 24.0. The van der Waals surface area contributed by atoms with Crippen molar-refractivity contribution in [2.75, 3.05) is 19.8 Å². The van der Waals surface area contributed by atoms with Crippen molar-refractivity contribution in [1.82, 2.24) is 29.8 Å². The summed E-state index contributed by atoms with van der Waals surface area (Å²) in [6.45, 7) is 13.2.